The molecule has 0 saturated carbocycles. The molecule has 16 heavy (non-hydrogen) atoms. The van der Waals surface area contributed by atoms with Gasteiger partial charge in [-0.2, -0.15) is 0 Å². The highest BCUT2D eigenvalue weighted by Gasteiger charge is 1.94. The fourth-order valence-electron chi connectivity index (χ4n) is 1.52. The van der Waals surface area contributed by atoms with Crippen molar-refractivity contribution in [3.05, 3.63) is 64.1 Å². The lowest BCUT2D eigenvalue weighted by Gasteiger charge is -2.07. The van der Waals surface area contributed by atoms with Crippen LogP contribution in [0.25, 0.3) is 0 Å². The van der Waals surface area contributed by atoms with E-state index in [-0.39, 0.29) is 0 Å². The van der Waals surface area contributed by atoms with Crippen molar-refractivity contribution in [2.75, 3.05) is 5.32 Å². The van der Waals surface area contributed by atoms with E-state index in [0.29, 0.717) is 0 Å². The smallest absolute Gasteiger partial charge is 0.0401 e. The van der Waals surface area contributed by atoms with Crippen LogP contribution in [-0.2, 0) is 6.54 Å². The third kappa shape index (κ3) is 3.11. The number of nitrogens with one attached hydrogen (secondary N) is 1. The Labute approximate surface area is 105 Å². The quantitative estimate of drug-likeness (QED) is 0.877. The minimum absolute atomic E-state index is 0.850. The summed E-state index contributed by atoms with van der Waals surface area (Å²) in [5, 5.41) is 3.39. The summed E-state index contributed by atoms with van der Waals surface area (Å²) in [7, 11) is 0. The Bertz CT molecular complexity index is 462. The number of hydrogen-bond donors (Lipinski definition) is 1. The van der Waals surface area contributed by atoms with Crippen molar-refractivity contribution in [1.82, 2.24) is 0 Å². The van der Waals surface area contributed by atoms with Gasteiger partial charge in [0.25, 0.3) is 0 Å². The maximum atomic E-state index is 3.47. The largest absolute Gasteiger partial charge is 0.381 e. The van der Waals surface area contributed by atoms with E-state index in [1.54, 1.807) is 0 Å². The second kappa shape index (κ2) is 5.17. The average molecular weight is 276 g/mol. The van der Waals surface area contributed by atoms with Gasteiger partial charge in [0.05, 0.1) is 0 Å². The van der Waals surface area contributed by atoms with Gasteiger partial charge in [-0.15, -0.1) is 0 Å². The van der Waals surface area contributed by atoms with Crippen LogP contribution < -0.4 is 5.32 Å². The molecule has 0 aromatic heterocycles. The first kappa shape index (κ1) is 11.2. The van der Waals surface area contributed by atoms with Crippen LogP contribution in [0.4, 0.5) is 5.69 Å². The Morgan fingerprint density at radius 2 is 1.81 bits per heavy atom. The van der Waals surface area contributed by atoms with E-state index in [1.165, 1.54) is 11.1 Å². The topological polar surface area (TPSA) is 12.0 Å². The molecule has 0 amide bonds. The van der Waals surface area contributed by atoms with Crippen molar-refractivity contribution in [1.29, 1.82) is 0 Å². The Morgan fingerprint density at radius 1 is 1.06 bits per heavy atom. The van der Waals surface area contributed by atoms with Crippen molar-refractivity contribution in [3.63, 3.8) is 0 Å². The van der Waals surface area contributed by atoms with Crippen molar-refractivity contribution in [2.45, 2.75) is 13.5 Å². The van der Waals surface area contributed by atoms with E-state index >= 15 is 0 Å². The number of rotatable bonds is 3. The lowest BCUT2D eigenvalue weighted by molar-refractivity contribution is 1.14. The highest BCUT2D eigenvalue weighted by molar-refractivity contribution is 9.10. The van der Waals surface area contributed by atoms with Gasteiger partial charge in [-0.05, 0) is 36.8 Å². The summed E-state index contributed by atoms with van der Waals surface area (Å²) >= 11 is 3.47. The Kier molecular flexibility index (Phi) is 3.62. The molecule has 0 radical (unpaired) electrons. The first-order valence-electron chi connectivity index (χ1n) is 5.29. The van der Waals surface area contributed by atoms with E-state index < -0.39 is 0 Å². The molecule has 0 saturated heterocycles. The van der Waals surface area contributed by atoms with Crippen LogP contribution >= 0.6 is 15.9 Å². The van der Waals surface area contributed by atoms with Gasteiger partial charge in [-0.25, -0.2) is 0 Å². The molecule has 0 aliphatic rings. The molecule has 0 bridgehead atoms. The maximum Gasteiger partial charge on any atom is 0.0401 e. The minimum Gasteiger partial charge on any atom is -0.381 e. The number of anilines is 1. The Balaban J connectivity index is 1.99. The standard InChI is InChI=1S/C14H14BrN/c1-11-5-7-14(8-6-11)16-10-12-3-2-4-13(15)9-12/h2-9,16H,10H2,1H3. The van der Waals surface area contributed by atoms with Gasteiger partial charge in [0, 0.05) is 16.7 Å². The first-order chi connectivity index (χ1) is 7.74. The Morgan fingerprint density at radius 3 is 2.50 bits per heavy atom. The second-order valence-electron chi connectivity index (χ2n) is 3.85. The summed E-state index contributed by atoms with van der Waals surface area (Å²) in [6.07, 6.45) is 0. The number of benzene rings is 2. The van der Waals surface area contributed by atoms with Gasteiger partial charge in [0.2, 0.25) is 0 Å². The molecule has 0 aliphatic carbocycles. The van der Waals surface area contributed by atoms with Crippen LogP contribution in [-0.4, -0.2) is 0 Å². The molecular weight excluding hydrogens is 262 g/mol. The van der Waals surface area contributed by atoms with Crippen molar-refractivity contribution >= 4 is 21.6 Å². The van der Waals surface area contributed by atoms with Crippen LogP contribution in [0, 0.1) is 6.92 Å². The van der Waals surface area contributed by atoms with Gasteiger partial charge < -0.3 is 5.32 Å². The monoisotopic (exact) mass is 275 g/mol. The molecule has 0 heterocycles. The van der Waals surface area contributed by atoms with Crippen molar-refractivity contribution < 1.29 is 0 Å². The molecule has 0 spiro atoms. The average Bonchev–Trinajstić information content (AvgIpc) is 2.28. The zero-order valence-corrected chi connectivity index (χ0v) is 10.8. The summed E-state index contributed by atoms with van der Waals surface area (Å²) in [6, 6.07) is 16.8. The predicted octanol–water partition coefficient (Wildman–Crippen LogP) is 4.37. The number of halogens is 1. The van der Waals surface area contributed by atoms with Crippen LogP contribution in [0.1, 0.15) is 11.1 Å². The van der Waals surface area contributed by atoms with Gasteiger partial charge in [0.1, 0.15) is 0 Å². The third-order valence-electron chi connectivity index (χ3n) is 2.44. The first-order valence-corrected chi connectivity index (χ1v) is 6.08. The second-order valence-corrected chi connectivity index (χ2v) is 4.77. The molecule has 2 rings (SSSR count). The Hall–Kier alpha value is -1.28. The highest BCUT2D eigenvalue weighted by Crippen LogP contribution is 2.14. The SMILES string of the molecule is Cc1ccc(NCc2cccc(Br)c2)cc1. The fraction of sp³-hybridized carbons (Fsp3) is 0.143. The molecular formula is C14H14BrN. The summed E-state index contributed by atoms with van der Waals surface area (Å²) in [5.41, 5.74) is 3.72. The predicted molar refractivity (Wildman–Crippen MR) is 72.6 cm³/mol. The van der Waals surface area contributed by atoms with Gasteiger partial charge in [-0.1, -0.05) is 45.8 Å². The molecule has 0 fully saturated rings. The highest BCUT2D eigenvalue weighted by atomic mass is 79.9. The normalized spacial score (nSPS) is 10.1. The number of hydrogen-bond acceptors (Lipinski definition) is 1. The van der Waals surface area contributed by atoms with Crippen molar-refractivity contribution in [2.24, 2.45) is 0 Å². The molecule has 1 N–H and O–H groups in total. The maximum absolute atomic E-state index is 3.47. The number of aryl methyl sites for hydroxylation is 1. The van der Waals surface area contributed by atoms with Crippen LogP contribution in [0.5, 0.6) is 0 Å². The van der Waals surface area contributed by atoms with E-state index in [4.69, 9.17) is 0 Å². The molecule has 82 valence electrons. The van der Waals surface area contributed by atoms with Gasteiger partial charge in [-0.3, -0.25) is 0 Å². The molecule has 2 aromatic rings. The summed E-state index contributed by atoms with van der Waals surface area (Å²) in [4.78, 5) is 0. The van der Waals surface area contributed by atoms with E-state index in [2.05, 4.69) is 70.6 Å². The van der Waals surface area contributed by atoms with E-state index in [1.807, 2.05) is 6.07 Å². The zero-order chi connectivity index (χ0) is 11.4. The lowest BCUT2D eigenvalue weighted by atomic mass is 10.2. The zero-order valence-electron chi connectivity index (χ0n) is 9.20. The molecule has 0 unspecified atom stereocenters. The van der Waals surface area contributed by atoms with Gasteiger partial charge in [0.15, 0.2) is 0 Å². The molecule has 0 aliphatic heterocycles. The van der Waals surface area contributed by atoms with Crippen LogP contribution in [0.15, 0.2) is 53.0 Å². The summed E-state index contributed by atoms with van der Waals surface area (Å²) in [5.74, 6) is 0. The summed E-state index contributed by atoms with van der Waals surface area (Å²) in [6.45, 7) is 2.95. The van der Waals surface area contributed by atoms with Gasteiger partial charge >= 0.3 is 0 Å². The lowest BCUT2D eigenvalue weighted by Crippen LogP contribution is -1.98. The van der Waals surface area contributed by atoms with Crippen LogP contribution in [0.3, 0.4) is 0 Å². The van der Waals surface area contributed by atoms with Crippen molar-refractivity contribution in [3.8, 4) is 0 Å². The van der Waals surface area contributed by atoms with E-state index in [9.17, 15) is 0 Å². The molecule has 2 aromatic carbocycles. The van der Waals surface area contributed by atoms with E-state index in [0.717, 1.165) is 16.7 Å². The molecule has 2 heteroatoms. The third-order valence-corrected chi connectivity index (χ3v) is 2.93. The minimum atomic E-state index is 0.850. The summed E-state index contributed by atoms with van der Waals surface area (Å²) < 4.78 is 1.12. The van der Waals surface area contributed by atoms with Crippen LogP contribution in [0.2, 0.25) is 0 Å². The fourth-order valence-corrected chi connectivity index (χ4v) is 1.97. The molecule has 1 nitrogen and oxygen atoms in total. The molecule has 0 atom stereocenters.